The third kappa shape index (κ3) is 10.2. The third-order valence-corrected chi connectivity index (χ3v) is 1.17. The molecule has 0 aliphatic heterocycles. The zero-order valence-corrected chi connectivity index (χ0v) is 7.97. The summed E-state index contributed by atoms with van der Waals surface area (Å²) in [6, 6.07) is 0. The molecule has 0 saturated heterocycles. The van der Waals surface area contributed by atoms with Gasteiger partial charge in [0, 0.05) is 7.11 Å². The van der Waals surface area contributed by atoms with Crippen molar-refractivity contribution < 1.29 is 14.2 Å². The molecule has 0 bridgehead atoms. The van der Waals surface area contributed by atoms with Gasteiger partial charge in [-0.05, 0) is 6.92 Å². The highest BCUT2D eigenvalue weighted by atomic mass is 32.1. The third-order valence-electron chi connectivity index (χ3n) is 1.02. The molecule has 0 radical (unpaired) electrons. The summed E-state index contributed by atoms with van der Waals surface area (Å²) in [4.78, 5) is 0. The maximum atomic E-state index is 5.14. The molecule has 0 heterocycles. The first-order valence-corrected chi connectivity index (χ1v) is 4.15. The van der Waals surface area contributed by atoms with Crippen LogP contribution in [0.25, 0.3) is 0 Å². The quantitative estimate of drug-likeness (QED) is 0.359. The van der Waals surface area contributed by atoms with Gasteiger partial charge >= 0.3 is 0 Å². The van der Waals surface area contributed by atoms with Crippen LogP contribution < -0.4 is 0 Å². The van der Waals surface area contributed by atoms with Crippen LogP contribution in [0.3, 0.4) is 0 Å². The maximum absolute atomic E-state index is 5.14. The molecular formula is C7H16O3S. The first-order valence-electron chi connectivity index (χ1n) is 3.63. The van der Waals surface area contributed by atoms with Crippen LogP contribution in [0.2, 0.25) is 0 Å². The molecule has 0 aliphatic rings. The van der Waals surface area contributed by atoms with E-state index in [0.29, 0.717) is 26.4 Å². The van der Waals surface area contributed by atoms with Gasteiger partial charge in [-0.15, -0.1) is 12.6 Å². The maximum Gasteiger partial charge on any atom is 0.0972 e. The van der Waals surface area contributed by atoms with Gasteiger partial charge in [0.15, 0.2) is 0 Å². The molecule has 0 aliphatic carbocycles. The van der Waals surface area contributed by atoms with Gasteiger partial charge in [0.25, 0.3) is 0 Å². The van der Waals surface area contributed by atoms with Crippen LogP contribution in [0.1, 0.15) is 6.92 Å². The summed E-state index contributed by atoms with van der Waals surface area (Å²) in [7, 11) is 1.65. The molecule has 4 heteroatoms. The average Bonchev–Trinajstić information content (AvgIpc) is 1.96. The van der Waals surface area contributed by atoms with E-state index in [9.17, 15) is 0 Å². The second kappa shape index (κ2) is 8.33. The summed E-state index contributed by atoms with van der Waals surface area (Å²) in [5, 5.41) is 0. The van der Waals surface area contributed by atoms with Gasteiger partial charge in [-0.25, -0.2) is 0 Å². The van der Waals surface area contributed by atoms with E-state index in [2.05, 4.69) is 12.6 Å². The summed E-state index contributed by atoms with van der Waals surface area (Å²) >= 11 is 4.04. The Balaban J connectivity index is 2.80. The lowest BCUT2D eigenvalue weighted by Crippen LogP contribution is -2.10. The van der Waals surface area contributed by atoms with Crippen molar-refractivity contribution in [1.82, 2.24) is 0 Å². The summed E-state index contributed by atoms with van der Waals surface area (Å²) in [6.07, 6.45) is 0. The molecule has 68 valence electrons. The van der Waals surface area contributed by atoms with Crippen LogP contribution in [0, 0.1) is 0 Å². The zero-order chi connectivity index (χ0) is 8.53. The van der Waals surface area contributed by atoms with Crippen molar-refractivity contribution in [2.45, 2.75) is 12.4 Å². The monoisotopic (exact) mass is 180 g/mol. The number of hydrogen-bond acceptors (Lipinski definition) is 4. The van der Waals surface area contributed by atoms with E-state index in [0.717, 1.165) is 0 Å². The summed E-state index contributed by atoms with van der Waals surface area (Å²) in [5.74, 6) is 0. The van der Waals surface area contributed by atoms with Crippen LogP contribution >= 0.6 is 12.6 Å². The lowest BCUT2D eigenvalue weighted by molar-refractivity contribution is 0.0217. The Bertz CT molecular complexity index is 78.1. The van der Waals surface area contributed by atoms with Crippen molar-refractivity contribution >= 4 is 12.6 Å². The predicted molar refractivity (Wildman–Crippen MR) is 47.1 cm³/mol. The second-order valence-electron chi connectivity index (χ2n) is 2.08. The van der Waals surface area contributed by atoms with Gasteiger partial charge in [0.2, 0.25) is 0 Å². The molecule has 1 atom stereocenters. The standard InChI is InChI=1S/C7H16O3S/c1-7(11)10-6-5-9-4-3-8-2/h7,11H,3-6H2,1-2H3. The summed E-state index contributed by atoms with van der Waals surface area (Å²) in [5.41, 5.74) is -0.0129. The van der Waals surface area contributed by atoms with Crippen molar-refractivity contribution in [2.24, 2.45) is 0 Å². The normalized spacial score (nSPS) is 13.4. The summed E-state index contributed by atoms with van der Waals surface area (Å²) in [6.45, 7) is 4.33. The number of rotatable bonds is 7. The SMILES string of the molecule is COCCOCCOC(C)S. The Morgan fingerprint density at radius 1 is 1.18 bits per heavy atom. The molecule has 3 nitrogen and oxygen atoms in total. The number of ether oxygens (including phenoxy) is 3. The fourth-order valence-corrected chi connectivity index (χ4v) is 0.627. The minimum absolute atomic E-state index is 0.0129. The molecule has 0 aromatic heterocycles. The fraction of sp³-hybridized carbons (Fsp3) is 1.00. The first kappa shape index (κ1) is 11.2. The minimum atomic E-state index is -0.0129. The van der Waals surface area contributed by atoms with E-state index in [1.54, 1.807) is 7.11 Å². The van der Waals surface area contributed by atoms with Crippen molar-refractivity contribution in [3.8, 4) is 0 Å². The van der Waals surface area contributed by atoms with Crippen molar-refractivity contribution in [2.75, 3.05) is 33.5 Å². The highest BCUT2D eigenvalue weighted by Gasteiger charge is 1.92. The lowest BCUT2D eigenvalue weighted by Gasteiger charge is -2.06. The minimum Gasteiger partial charge on any atom is -0.382 e. The van der Waals surface area contributed by atoms with Gasteiger partial charge in [-0.2, -0.15) is 0 Å². The highest BCUT2D eigenvalue weighted by molar-refractivity contribution is 7.80. The molecule has 0 aromatic carbocycles. The summed E-state index contributed by atoms with van der Waals surface area (Å²) < 4.78 is 15.0. The van der Waals surface area contributed by atoms with Crippen molar-refractivity contribution in [1.29, 1.82) is 0 Å². The first-order chi connectivity index (χ1) is 5.27. The lowest BCUT2D eigenvalue weighted by atomic mass is 10.7. The largest absolute Gasteiger partial charge is 0.382 e. The Hall–Kier alpha value is 0.230. The van der Waals surface area contributed by atoms with Gasteiger partial charge in [-0.3, -0.25) is 0 Å². The predicted octanol–water partition coefficient (Wildman–Crippen LogP) is 0.942. The van der Waals surface area contributed by atoms with Crippen LogP contribution in [0.5, 0.6) is 0 Å². The van der Waals surface area contributed by atoms with E-state index in [1.165, 1.54) is 0 Å². The Morgan fingerprint density at radius 2 is 1.82 bits per heavy atom. The van der Waals surface area contributed by atoms with E-state index >= 15 is 0 Å². The highest BCUT2D eigenvalue weighted by Crippen LogP contribution is 1.93. The van der Waals surface area contributed by atoms with Crippen LogP contribution in [0.15, 0.2) is 0 Å². The second-order valence-corrected chi connectivity index (χ2v) is 2.80. The van der Waals surface area contributed by atoms with Gasteiger partial charge in [-0.1, -0.05) is 0 Å². The molecular weight excluding hydrogens is 164 g/mol. The number of thiol groups is 1. The van der Waals surface area contributed by atoms with E-state index < -0.39 is 0 Å². The van der Waals surface area contributed by atoms with E-state index in [1.807, 2.05) is 6.92 Å². The zero-order valence-electron chi connectivity index (χ0n) is 7.08. The molecule has 1 unspecified atom stereocenters. The van der Waals surface area contributed by atoms with Crippen molar-refractivity contribution in [3.63, 3.8) is 0 Å². The Morgan fingerprint density at radius 3 is 2.36 bits per heavy atom. The van der Waals surface area contributed by atoms with Crippen LogP contribution in [-0.4, -0.2) is 39.0 Å². The fourth-order valence-electron chi connectivity index (χ4n) is 0.522. The van der Waals surface area contributed by atoms with Crippen molar-refractivity contribution in [3.05, 3.63) is 0 Å². The number of hydrogen-bond donors (Lipinski definition) is 1. The molecule has 0 amide bonds. The Labute approximate surface area is 73.4 Å². The smallest absolute Gasteiger partial charge is 0.0972 e. The van der Waals surface area contributed by atoms with E-state index in [-0.39, 0.29) is 5.44 Å². The molecule has 0 N–H and O–H groups in total. The molecule has 0 rings (SSSR count). The Kier molecular flexibility index (Phi) is 8.50. The van der Waals surface area contributed by atoms with Gasteiger partial charge in [0.05, 0.1) is 31.9 Å². The van der Waals surface area contributed by atoms with Crippen LogP contribution in [0.4, 0.5) is 0 Å². The molecule has 0 spiro atoms. The molecule has 0 aromatic rings. The molecule has 0 saturated carbocycles. The molecule has 0 fully saturated rings. The van der Waals surface area contributed by atoms with Crippen LogP contribution in [-0.2, 0) is 14.2 Å². The topological polar surface area (TPSA) is 27.7 Å². The average molecular weight is 180 g/mol. The van der Waals surface area contributed by atoms with E-state index in [4.69, 9.17) is 14.2 Å². The van der Waals surface area contributed by atoms with Gasteiger partial charge < -0.3 is 14.2 Å². The van der Waals surface area contributed by atoms with Gasteiger partial charge in [0.1, 0.15) is 0 Å². The number of methoxy groups -OCH3 is 1. The molecule has 11 heavy (non-hydrogen) atoms.